The molecule has 1 saturated heterocycles. The monoisotopic (exact) mass is 436 g/mol. The Bertz CT molecular complexity index is 744. The van der Waals surface area contributed by atoms with E-state index in [1.54, 1.807) is 0 Å². The van der Waals surface area contributed by atoms with E-state index in [-0.39, 0.29) is 6.04 Å². The van der Waals surface area contributed by atoms with Crippen LogP contribution in [0.15, 0.2) is 44.8 Å². The maximum absolute atomic E-state index is 4.88. The molecule has 4 rings (SSSR count). The molecule has 32 heavy (non-hydrogen) atoms. The SMILES string of the molecule is C1=CNC(C=NN=C(C(=NN=CC2CCCCN2)C2CCCCC2)C2CCCCC2)C=C1. The first kappa shape index (κ1) is 23.1. The zero-order valence-electron chi connectivity index (χ0n) is 19.5. The predicted molar refractivity (Wildman–Crippen MR) is 136 cm³/mol. The molecule has 2 aliphatic heterocycles. The fraction of sp³-hybridized carbons (Fsp3) is 0.692. The summed E-state index contributed by atoms with van der Waals surface area (Å²) in [6.07, 6.45) is 28.2. The number of hydrogen-bond acceptors (Lipinski definition) is 6. The van der Waals surface area contributed by atoms with E-state index in [1.165, 1.54) is 77.0 Å². The summed E-state index contributed by atoms with van der Waals surface area (Å²) in [5.74, 6) is 0.922. The summed E-state index contributed by atoms with van der Waals surface area (Å²) in [6.45, 7) is 1.08. The van der Waals surface area contributed by atoms with E-state index < -0.39 is 0 Å². The van der Waals surface area contributed by atoms with Crippen molar-refractivity contribution >= 4 is 23.9 Å². The Kier molecular flexibility index (Phi) is 9.26. The van der Waals surface area contributed by atoms with Crippen molar-refractivity contribution in [2.45, 2.75) is 95.6 Å². The minimum Gasteiger partial charge on any atom is -0.380 e. The normalized spacial score (nSPS) is 29.1. The molecule has 2 aliphatic carbocycles. The maximum Gasteiger partial charge on any atom is 0.0897 e. The summed E-state index contributed by atoms with van der Waals surface area (Å²) in [4.78, 5) is 0. The van der Waals surface area contributed by atoms with Crippen molar-refractivity contribution in [1.82, 2.24) is 10.6 Å². The van der Waals surface area contributed by atoms with Gasteiger partial charge >= 0.3 is 0 Å². The van der Waals surface area contributed by atoms with E-state index in [1.807, 2.05) is 30.8 Å². The van der Waals surface area contributed by atoms with Crippen LogP contribution in [0.2, 0.25) is 0 Å². The Morgan fingerprint density at radius 3 is 1.88 bits per heavy atom. The lowest BCUT2D eigenvalue weighted by Gasteiger charge is -2.28. The first-order valence-corrected chi connectivity index (χ1v) is 13.0. The van der Waals surface area contributed by atoms with E-state index in [4.69, 9.17) is 10.2 Å². The second kappa shape index (κ2) is 12.8. The van der Waals surface area contributed by atoms with Crippen molar-refractivity contribution in [3.05, 3.63) is 24.4 Å². The average molecular weight is 437 g/mol. The summed E-state index contributed by atoms with van der Waals surface area (Å²) < 4.78 is 0. The van der Waals surface area contributed by atoms with Gasteiger partial charge < -0.3 is 10.6 Å². The number of rotatable bonds is 7. The molecular formula is C26H40N6. The molecule has 2 unspecified atom stereocenters. The average Bonchev–Trinajstić information content (AvgIpc) is 2.87. The van der Waals surface area contributed by atoms with Crippen molar-refractivity contribution in [3.8, 4) is 0 Å². The molecule has 0 amide bonds. The highest BCUT2D eigenvalue weighted by Gasteiger charge is 2.30. The Balaban J connectivity index is 1.58. The summed E-state index contributed by atoms with van der Waals surface area (Å²) in [7, 11) is 0. The standard InChI is InChI=1S/C26H40N6/c1-3-11-21(12-4-1)25(31-29-19-23-15-7-9-17-27-23)26(22-13-5-2-6-14-22)32-30-20-24-16-8-10-18-28-24/h7,9,15,17,19-24,27-28H,1-6,8,10-14,16,18H2. The van der Waals surface area contributed by atoms with E-state index >= 15 is 0 Å². The van der Waals surface area contributed by atoms with Gasteiger partial charge in [0.2, 0.25) is 0 Å². The number of hydrogen-bond donors (Lipinski definition) is 2. The predicted octanol–water partition coefficient (Wildman–Crippen LogP) is 5.18. The number of nitrogens with zero attached hydrogens (tertiary/aromatic N) is 4. The fourth-order valence-electron chi connectivity index (χ4n) is 5.34. The lowest BCUT2D eigenvalue weighted by molar-refractivity contribution is 0.428. The van der Waals surface area contributed by atoms with E-state index in [9.17, 15) is 0 Å². The molecule has 2 N–H and O–H groups in total. The van der Waals surface area contributed by atoms with Crippen molar-refractivity contribution in [3.63, 3.8) is 0 Å². The quantitative estimate of drug-likeness (QED) is 0.426. The molecular weight excluding hydrogens is 396 g/mol. The molecule has 0 spiro atoms. The second-order valence-electron chi connectivity index (χ2n) is 9.66. The van der Waals surface area contributed by atoms with E-state index in [0.29, 0.717) is 17.9 Å². The first-order chi connectivity index (χ1) is 15.9. The largest absolute Gasteiger partial charge is 0.380 e. The minimum absolute atomic E-state index is 0.0989. The Morgan fingerprint density at radius 2 is 1.31 bits per heavy atom. The smallest absolute Gasteiger partial charge is 0.0897 e. The van der Waals surface area contributed by atoms with Crippen LogP contribution in [0.3, 0.4) is 0 Å². The highest BCUT2D eigenvalue weighted by Crippen LogP contribution is 2.31. The first-order valence-electron chi connectivity index (χ1n) is 13.0. The Morgan fingerprint density at radius 1 is 0.688 bits per heavy atom. The van der Waals surface area contributed by atoms with Gasteiger partial charge in [0.25, 0.3) is 0 Å². The maximum atomic E-state index is 4.88. The van der Waals surface area contributed by atoms with E-state index in [0.717, 1.165) is 24.4 Å². The van der Waals surface area contributed by atoms with Crippen LogP contribution < -0.4 is 10.6 Å². The van der Waals surface area contributed by atoms with Crippen molar-refractivity contribution < 1.29 is 0 Å². The number of piperidine rings is 1. The number of nitrogens with one attached hydrogen (secondary N) is 2. The molecule has 0 aromatic rings. The zero-order valence-corrected chi connectivity index (χ0v) is 19.5. The zero-order chi connectivity index (χ0) is 21.8. The molecule has 2 atom stereocenters. The van der Waals surface area contributed by atoms with Gasteiger partial charge in [0.15, 0.2) is 0 Å². The highest BCUT2D eigenvalue weighted by atomic mass is 15.2. The molecule has 2 saturated carbocycles. The van der Waals surface area contributed by atoms with Crippen LogP contribution in [-0.4, -0.2) is 42.5 Å². The van der Waals surface area contributed by atoms with Crippen molar-refractivity contribution in [2.24, 2.45) is 32.2 Å². The third-order valence-corrected chi connectivity index (χ3v) is 7.21. The summed E-state index contributed by atoms with van der Waals surface area (Å²) >= 11 is 0. The molecule has 0 radical (unpaired) electrons. The molecule has 4 aliphatic rings. The summed E-state index contributed by atoms with van der Waals surface area (Å²) in [5.41, 5.74) is 2.23. The second-order valence-corrected chi connectivity index (χ2v) is 9.66. The van der Waals surface area contributed by atoms with Gasteiger partial charge in [-0.3, -0.25) is 0 Å². The third kappa shape index (κ3) is 6.96. The van der Waals surface area contributed by atoms with Gasteiger partial charge in [-0.1, -0.05) is 57.1 Å². The van der Waals surface area contributed by atoms with Gasteiger partial charge in [-0.2, -0.15) is 20.4 Å². The van der Waals surface area contributed by atoms with Crippen LogP contribution in [0.4, 0.5) is 0 Å². The van der Waals surface area contributed by atoms with Crippen molar-refractivity contribution in [1.29, 1.82) is 0 Å². The van der Waals surface area contributed by atoms with Gasteiger partial charge in [-0.05, 0) is 57.3 Å². The topological polar surface area (TPSA) is 73.5 Å². The molecule has 0 aromatic carbocycles. The molecule has 174 valence electrons. The molecule has 0 aromatic heterocycles. The fourth-order valence-corrected chi connectivity index (χ4v) is 5.34. The molecule has 6 nitrogen and oxygen atoms in total. The van der Waals surface area contributed by atoms with Crippen LogP contribution in [0.1, 0.15) is 83.5 Å². The van der Waals surface area contributed by atoms with Crippen LogP contribution in [0.5, 0.6) is 0 Å². The van der Waals surface area contributed by atoms with Gasteiger partial charge in [0.05, 0.1) is 23.7 Å². The molecule has 0 bridgehead atoms. The lowest BCUT2D eigenvalue weighted by atomic mass is 9.77. The summed E-state index contributed by atoms with van der Waals surface area (Å²) in [6, 6.07) is 0.451. The van der Waals surface area contributed by atoms with Crippen LogP contribution >= 0.6 is 0 Å². The third-order valence-electron chi connectivity index (χ3n) is 7.21. The van der Waals surface area contributed by atoms with Gasteiger partial charge in [0.1, 0.15) is 0 Å². The number of allylic oxidation sites excluding steroid dienone is 2. The van der Waals surface area contributed by atoms with Crippen LogP contribution in [-0.2, 0) is 0 Å². The molecule has 6 heteroatoms. The van der Waals surface area contributed by atoms with Crippen molar-refractivity contribution in [2.75, 3.05) is 6.54 Å². The Labute approximate surface area is 193 Å². The van der Waals surface area contributed by atoms with Gasteiger partial charge in [0, 0.05) is 24.1 Å². The summed E-state index contributed by atoms with van der Waals surface area (Å²) in [5, 5.41) is 25.7. The number of dihydropyridines is 1. The Hall–Kier alpha value is -2.08. The molecule has 2 heterocycles. The van der Waals surface area contributed by atoms with Gasteiger partial charge in [-0.25, -0.2) is 0 Å². The highest BCUT2D eigenvalue weighted by molar-refractivity contribution is 6.43. The lowest BCUT2D eigenvalue weighted by Crippen LogP contribution is -2.35. The van der Waals surface area contributed by atoms with Crippen LogP contribution in [0.25, 0.3) is 0 Å². The minimum atomic E-state index is 0.0989. The van der Waals surface area contributed by atoms with Gasteiger partial charge in [-0.15, -0.1) is 0 Å². The molecule has 3 fully saturated rings. The van der Waals surface area contributed by atoms with E-state index in [2.05, 4.69) is 26.9 Å². The van der Waals surface area contributed by atoms with Crippen LogP contribution in [0, 0.1) is 11.8 Å².